The molecule has 2 aromatic carbocycles. The summed E-state index contributed by atoms with van der Waals surface area (Å²) in [4.78, 5) is 52.6. The smallest absolute Gasteiger partial charge is 0.270 e. The van der Waals surface area contributed by atoms with Crippen molar-refractivity contribution in [2.45, 2.75) is 25.9 Å². The van der Waals surface area contributed by atoms with Crippen molar-refractivity contribution in [3.8, 4) is 0 Å². The number of rotatable bonds is 4. The quantitative estimate of drug-likeness (QED) is 0.310. The third-order valence-corrected chi connectivity index (χ3v) is 6.49. The zero-order valence-electron chi connectivity index (χ0n) is 17.9. The van der Waals surface area contributed by atoms with E-state index < -0.39 is 40.5 Å². The molecule has 0 bridgehead atoms. The van der Waals surface area contributed by atoms with Crippen LogP contribution in [-0.4, -0.2) is 45.8 Å². The number of Topliss-reactive ketones (excluding diaryl/α,β-unsaturated/α-hetero) is 1. The molecule has 0 radical (unpaired) electrons. The average Bonchev–Trinajstić information content (AvgIpc) is 3.27. The average molecular weight is 444 g/mol. The number of allylic oxidation sites excluding steroid dienone is 1. The molecule has 0 N–H and O–H groups in total. The van der Waals surface area contributed by atoms with E-state index in [9.17, 15) is 24.5 Å². The van der Waals surface area contributed by atoms with Crippen LogP contribution in [0.1, 0.15) is 21.5 Å². The van der Waals surface area contributed by atoms with Crippen LogP contribution in [0.3, 0.4) is 0 Å². The Morgan fingerprint density at radius 1 is 1.06 bits per heavy atom. The molecule has 4 atom stereocenters. The van der Waals surface area contributed by atoms with Crippen LogP contribution in [0.25, 0.3) is 0 Å². The number of anilines is 1. The number of hydrogen-bond acceptors (Lipinski definition) is 7. The van der Waals surface area contributed by atoms with Crippen molar-refractivity contribution in [3.05, 3.63) is 81.4 Å². The number of benzene rings is 2. The molecule has 3 aliphatic rings. The fourth-order valence-electron chi connectivity index (χ4n) is 5.07. The lowest BCUT2D eigenvalue weighted by atomic mass is 9.86. The van der Waals surface area contributed by atoms with Gasteiger partial charge in [-0.25, -0.2) is 4.90 Å². The van der Waals surface area contributed by atoms with Crippen molar-refractivity contribution in [2.24, 2.45) is 16.9 Å². The second kappa shape index (κ2) is 7.47. The van der Waals surface area contributed by atoms with Gasteiger partial charge in [-0.05, 0) is 31.6 Å². The highest BCUT2D eigenvalue weighted by molar-refractivity contribution is 6.25. The Hall–Kier alpha value is -4.14. The Bertz CT molecular complexity index is 1280. The van der Waals surface area contributed by atoms with Crippen molar-refractivity contribution in [2.75, 3.05) is 4.90 Å². The molecule has 0 saturated carbocycles. The largest absolute Gasteiger partial charge is 0.292 e. The number of imide groups is 1. The van der Waals surface area contributed by atoms with Crippen molar-refractivity contribution in [1.82, 2.24) is 5.01 Å². The van der Waals surface area contributed by atoms with Gasteiger partial charge in [0.05, 0.1) is 28.5 Å². The van der Waals surface area contributed by atoms with Gasteiger partial charge in [-0.2, -0.15) is 5.10 Å². The van der Waals surface area contributed by atoms with Crippen LogP contribution >= 0.6 is 0 Å². The molecule has 3 heterocycles. The lowest BCUT2D eigenvalue weighted by molar-refractivity contribution is -0.384. The Morgan fingerprint density at radius 3 is 2.55 bits per heavy atom. The van der Waals surface area contributed by atoms with E-state index in [1.165, 1.54) is 40.4 Å². The second-order valence-corrected chi connectivity index (χ2v) is 8.49. The molecule has 2 saturated heterocycles. The molecule has 5 rings (SSSR count). The molecule has 2 aromatic rings. The first-order chi connectivity index (χ1) is 15.8. The maximum Gasteiger partial charge on any atom is 0.270 e. The van der Waals surface area contributed by atoms with E-state index in [1.54, 1.807) is 18.2 Å². The minimum absolute atomic E-state index is 0.101. The van der Waals surface area contributed by atoms with Crippen LogP contribution in [0.5, 0.6) is 0 Å². The SMILES string of the molecule is Cc1ccc(N2C(=O)[C@@H]3[C@H](C2=O)[C@@H]2C=CC=NN2[C@@H]3C(=O)c2cccc([N+](=O)[O-])c2)c(C)c1. The van der Waals surface area contributed by atoms with E-state index in [-0.39, 0.29) is 17.2 Å². The molecule has 9 nitrogen and oxygen atoms in total. The predicted octanol–water partition coefficient (Wildman–Crippen LogP) is 2.81. The minimum atomic E-state index is -1.05. The molecule has 33 heavy (non-hydrogen) atoms. The molecular formula is C24H20N4O5. The third-order valence-electron chi connectivity index (χ3n) is 6.49. The number of hydrogen-bond donors (Lipinski definition) is 0. The summed E-state index contributed by atoms with van der Waals surface area (Å²) in [6.07, 6.45) is 4.96. The predicted molar refractivity (Wildman–Crippen MR) is 120 cm³/mol. The van der Waals surface area contributed by atoms with Gasteiger partial charge in [0, 0.05) is 23.9 Å². The summed E-state index contributed by atoms with van der Waals surface area (Å²) in [5.41, 5.74) is 2.17. The summed E-state index contributed by atoms with van der Waals surface area (Å²) in [5.74, 6) is -3.04. The van der Waals surface area contributed by atoms with Crippen LogP contribution in [0.15, 0.2) is 59.7 Å². The van der Waals surface area contributed by atoms with E-state index in [0.717, 1.165) is 11.1 Å². The molecule has 2 fully saturated rings. The molecule has 2 amide bonds. The highest BCUT2D eigenvalue weighted by Crippen LogP contribution is 2.46. The summed E-state index contributed by atoms with van der Waals surface area (Å²) in [6, 6.07) is 9.26. The van der Waals surface area contributed by atoms with E-state index in [4.69, 9.17) is 0 Å². The van der Waals surface area contributed by atoms with E-state index in [2.05, 4.69) is 5.10 Å². The standard InChI is InChI=1S/C24H20N4O5/c1-13-8-9-17(14(2)11-13)26-23(30)19-18-7-4-10-25-27(18)21(20(19)24(26)31)22(29)15-5-3-6-16(12-15)28(32)33/h3-12,18-21H,1-2H3/t18-,19+,20+,21-/m0/s1. The van der Waals surface area contributed by atoms with Gasteiger partial charge in [0.1, 0.15) is 6.04 Å². The summed E-state index contributed by atoms with van der Waals surface area (Å²) in [6.45, 7) is 3.76. The zero-order valence-corrected chi connectivity index (χ0v) is 17.9. The maximum atomic E-state index is 13.6. The van der Waals surface area contributed by atoms with Gasteiger partial charge in [0.2, 0.25) is 11.8 Å². The van der Waals surface area contributed by atoms with Gasteiger partial charge in [0.15, 0.2) is 5.78 Å². The third kappa shape index (κ3) is 3.07. The molecule has 0 aliphatic carbocycles. The Kier molecular flexibility index (Phi) is 4.70. The monoisotopic (exact) mass is 444 g/mol. The minimum Gasteiger partial charge on any atom is -0.292 e. The number of carbonyl (C=O) groups excluding carboxylic acids is 3. The number of nitro benzene ring substituents is 1. The number of carbonyl (C=O) groups is 3. The molecule has 0 aromatic heterocycles. The molecular weight excluding hydrogens is 424 g/mol. The number of nitro groups is 1. The van der Waals surface area contributed by atoms with Crippen LogP contribution in [0.4, 0.5) is 11.4 Å². The second-order valence-electron chi connectivity index (χ2n) is 8.49. The highest BCUT2D eigenvalue weighted by atomic mass is 16.6. The first-order valence-corrected chi connectivity index (χ1v) is 10.5. The molecule has 0 unspecified atom stereocenters. The van der Waals surface area contributed by atoms with Crippen LogP contribution in [0.2, 0.25) is 0 Å². The topological polar surface area (TPSA) is 113 Å². The van der Waals surface area contributed by atoms with Gasteiger partial charge < -0.3 is 0 Å². The Balaban J connectivity index is 1.59. The van der Waals surface area contributed by atoms with E-state index in [1.807, 2.05) is 26.0 Å². The summed E-state index contributed by atoms with van der Waals surface area (Å²) >= 11 is 0. The molecule has 9 heteroatoms. The first-order valence-electron chi connectivity index (χ1n) is 10.5. The highest BCUT2D eigenvalue weighted by Gasteiger charge is 2.64. The summed E-state index contributed by atoms with van der Waals surface area (Å²) in [5, 5.41) is 17.0. The number of nitrogens with zero attached hydrogens (tertiary/aromatic N) is 4. The van der Waals surface area contributed by atoms with Crippen molar-refractivity contribution >= 4 is 35.2 Å². The van der Waals surface area contributed by atoms with Gasteiger partial charge in [-0.3, -0.25) is 29.5 Å². The van der Waals surface area contributed by atoms with Gasteiger partial charge in [-0.15, -0.1) is 0 Å². The first kappa shape index (κ1) is 20.7. The van der Waals surface area contributed by atoms with Gasteiger partial charge in [-0.1, -0.05) is 35.9 Å². The molecule has 0 spiro atoms. The fraction of sp³-hybridized carbons (Fsp3) is 0.250. The van der Waals surface area contributed by atoms with Crippen LogP contribution in [-0.2, 0) is 9.59 Å². The van der Waals surface area contributed by atoms with Gasteiger partial charge in [0.25, 0.3) is 5.69 Å². The lowest BCUT2D eigenvalue weighted by Crippen LogP contribution is -2.46. The fourth-order valence-corrected chi connectivity index (χ4v) is 5.07. The Morgan fingerprint density at radius 2 is 1.82 bits per heavy atom. The Labute approximate surface area is 189 Å². The van der Waals surface area contributed by atoms with Crippen molar-refractivity contribution in [3.63, 3.8) is 0 Å². The van der Waals surface area contributed by atoms with Gasteiger partial charge >= 0.3 is 0 Å². The van der Waals surface area contributed by atoms with Crippen molar-refractivity contribution < 1.29 is 19.3 Å². The van der Waals surface area contributed by atoms with Crippen LogP contribution < -0.4 is 4.90 Å². The zero-order chi connectivity index (χ0) is 23.4. The van der Waals surface area contributed by atoms with E-state index in [0.29, 0.717) is 5.69 Å². The molecule has 166 valence electrons. The lowest BCUT2D eigenvalue weighted by Gasteiger charge is -2.30. The number of amides is 2. The van der Waals surface area contributed by atoms with Crippen LogP contribution in [0, 0.1) is 35.8 Å². The summed E-state index contributed by atoms with van der Waals surface area (Å²) in [7, 11) is 0. The number of aryl methyl sites for hydroxylation is 2. The molecule has 3 aliphatic heterocycles. The summed E-state index contributed by atoms with van der Waals surface area (Å²) < 4.78 is 0. The number of ketones is 1. The number of non-ortho nitro benzene ring substituents is 1. The van der Waals surface area contributed by atoms with E-state index >= 15 is 0 Å². The number of fused-ring (bicyclic) bond motifs is 3. The van der Waals surface area contributed by atoms with Crippen molar-refractivity contribution in [1.29, 1.82) is 0 Å². The maximum absolute atomic E-state index is 13.6. The number of hydrazone groups is 1. The normalized spacial score (nSPS) is 25.4.